The van der Waals surface area contributed by atoms with Gasteiger partial charge in [0.25, 0.3) is 10.0 Å². The van der Waals surface area contributed by atoms with Crippen LogP contribution in [0.5, 0.6) is 0 Å². The summed E-state index contributed by atoms with van der Waals surface area (Å²) in [5.74, 6) is -6.65. The smallest absolute Gasteiger partial charge is 0.332 e. The molecule has 6 nitrogen and oxygen atoms in total. The van der Waals surface area contributed by atoms with Crippen molar-refractivity contribution in [2.75, 3.05) is 10.0 Å². The molecule has 1 heterocycles. The van der Waals surface area contributed by atoms with Crippen LogP contribution in [0, 0.1) is 0 Å². The Kier molecular flexibility index (Phi) is 8.16. The van der Waals surface area contributed by atoms with Gasteiger partial charge >= 0.3 is 24.5 Å². The molecule has 0 aliphatic rings. The number of thiazole rings is 1. The van der Waals surface area contributed by atoms with Crippen LogP contribution in [-0.4, -0.2) is 43.0 Å². The van der Waals surface area contributed by atoms with E-state index >= 15 is 0 Å². The first-order valence-electron chi connectivity index (χ1n) is 8.60. The zero-order valence-electron chi connectivity index (χ0n) is 16.6. The number of nitrogens with one attached hydrogen (secondary N) is 3. The van der Waals surface area contributed by atoms with Crippen LogP contribution in [0.15, 0.2) is 52.0 Å². The van der Waals surface area contributed by atoms with Crippen LogP contribution in [0.25, 0.3) is 0 Å². The number of benzene rings is 1. The Morgan fingerprint density at radius 1 is 0.889 bits per heavy atom. The van der Waals surface area contributed by atoms with Crippen molar-refractivity contribution < 1.29 is 56.7 Å². The minimum Gasteiger partial charge on any atom is -0.332 e. The minimum absolute atomic E-state index is 0.0161. The summed E-state index contributed by atoms with van der Waals surface area (Å²) in [5, 5.41) is 2.37. The predicted octanol–water partition coefficient (Wildman–Crippen LogP) is 5.81. The second-order valence-corrected chi connectivity index (χ2v) is 9.35. The summed E-state index contributed by atoms with van der Waals surface area (Å²) in [5.41, 5.74) is -8.15. The van der Waals surface area contributed by atoms with Gasteiger partial charge in [0.05, 0.1) is 4.90 Å². The molecule has 0 aliphatic heterocycles. The quantitative estimate of drug-likeness (QED) is 0.290. The number of thiocarbonyl (C=S) groups is 1. The summed E-state index contributed by atoms with van der Waals surface area (Å²) in [7, 11) is -4.19. The van der Waals surface area contributed by atoms with E-state index in [0.29, 0.717) is 5.32 Å². The maximum atomic E-state index is 13.7. The van der Waals surface area contributed by atoms with E-state index in [1.165, 1.54) is 11.6 Å². The molecule has 0 unspecified atom stereocenters. The Hall–Kier alpha value is -2.74. The molecule has 0 bridgehead atoms. The Morgan fingerprint density at radius 2 is 1.42 bits per heavy atom. The number of hydrogen-bond donors (Lipinski definition) is 3. The van der Waals surface area contributed by atoms with Crippen molar-refractivity contribution >= 4 is 49.5 Å². The summed E-state index contributed by atoms with van der Waals surface area (Å²) in [6.07, 6.45) is -19.0. The molecule has 2 rings (SSSR count). The molecule has 0 fully saturated rings. The zero-order valence-corrected chi connectivity index (χ0v) is 19.1. The highest BCUT2D eigenvalue weighted by Gasteiger charge is 2.66. The van der Waals surface area contributed by atoms with Gasteiger partial charge in [0.1, 0.15) is 5.70 Å². The fourth-order valence-electron chi connectivity index (χ4n) is 2.32. The second-order valence-electron chi connectivity index (χ2n) is 6.36. The summed E-state index contributed by atoms with van der Waals surface area (Å²) in [6, 6.07) is 3.42. The van der Waals surface area contributed by atoms with Gasteiger partial charge in [-0.05, 0) is 36.5 Å². The van der Waals surface area contributed by atoms with E-state index in [1.807, 2.05) is 0 Å². The van der Waals surface area contributed by atoms with Crippen molar-refractivity contribution in [2.45, 2.75) is 29.3 Å². The molecule has 0 atom stereocenters. The van der Waals surface area contributed by atoms with Crippen LogP contribution < -0.4 is 15.4 Å². The Morgan fingerprint density at radius 3 is 1.83 bits per heavy atom. The molecule has 0 amide bonds. The first-order chi connectivity index (χ1) is 16.2. The number of allylic oxidation sites excluding steroid dienone is 2. The number of sulfonamides is 1. The van der Waals surface area contributed by atoms with Crippen LogP contribution in [0.4, 0.5) is 59.1 Å². The molecule has 0 saturated heterocycles. The lowest BCUT2D eigenvalue weighted by Crippen LogP contribution is -2.49. The van der Waals surface area contributed by atoms with Crippen LogP contribution >= 0.6 is 23.6 Å². The van der Waals surface area contributed by atoms with Crippen LogP contribution in [0.1, 0.15) is 0 Å². The standard InChI is InChI=1S/C16H9F11N4O2S3/c17-13(18,16(25,26)27)10(9(14(19,20)21)15(22,23)24)30-11(34)29-7-1-3-8(4-2-7)36(32,33)31-12-28-5-6-35-12/h1-6H,(H,28,31)(H2,29,30,34). The average Bonchev–Trinajstić information content (AvgIpc) is 3.17. The van der Waals surface area contributed by atoms with E-state index in [9.17, 15) is 56.7 Å². The number of rotatable bonds is 6. The maximum Gasteiger partial charge on any atom is 0.459 e. The largest absolute Gasteiger partial charge is 0.459 e. The minimum atomic E-state index is -6.87. The fraction of sp³-hybridized carbons (Fsp3) is 0.250. The summed E-state index contributed by atoms with van der Waals surface area (Å²) >= 11 is 5.25. The van der Waals surface area contributed by atoms with Gasteiger partial charge in [-0.3, -0.25) is 4.72 Å². The van der Waals surface area contributed by atoms with Gasteiger partial charge in [-0.25, -0.2) is 13.4 Å². The van der Waals surface area contributed by atoms with E-state index in [0.717, 1.165) is 35.6 Å². The maximum absolute atomic E-state index is 13.7. The third-order valence-electron chi connectivity index (χ3n) is 3.80. The lowest BCUT2D eigenvalue weighted by molar-refractivity contribution is -0.269. The third kappa shape index (κ3) is 6.93. The highest BCUT2D eigenvalue weighted by molar-refractivity contribution is 7.93. The number of hydrogen-bond acceptors (Lipinski definition) is 5. The van der Waals surface area contributed by atoms with Crippen LogP contribution in [-0.2, 0) is 10.0 Å². The van der Waals surface area contributed by atoms with Gasteiger partial charge in [0.15, 0.2) is 15.8 Å². The van der Waals surface area contributed by atoms with Crippen molar-refractivity contribution in [1.82, 2.24) is 10.3 Å². The SMILES string of the molecule is O=S(=O)(Nc1nccs1)c1ccc(NC(=S)NC(=C(C(F)(F)F)C(F)(F)F)C(F)(F)C(F)(F)F)cc1. The Labute approximate surface area is 203 Å². The van der Waals surface area contributed by atoms with E-state index in [2.05, 4.69) is 21.9 Å². The number of halogens is 11. The van der Waals surface area contributed by atoms with E-state index in [4.69, 9.17) is 0 Å². The van der Waals surface area contributed by atoms with Gasteiger partial charge in [0, 0.05) is 17.3 Å². The molecule has 1 aromatic heterocycles. The fourth-order valence-corrected chi connectivity index (χ4v) is 4.33. The van der Waals surface area contributed by atoms with Crippen molar-refractivity contribution in [2.24, 2.45) is 0 Å². The third-order valence-corrected chi connectivity index (χ3v) is 6.18. The van der Waals surface area contributed by atoms with Gasteiger partial charge in [-0.15, -0.1) is 11.3 Å². The van der Waals surface area contributed by atoms with Crippen LogP contribution in [0.2, 0.25) is 0 Å². The molecule has 0 spiro atoms. The molecule has 20 heteroatoms. The topological polar surface area (TPSA) is 83.1 Å². The van der Waals surface area contributed by atoms with Crippen molar-refractivity contribution in [1.29, 1.82) is 0 Å². The highest BCUT2D eigenvalue weighted by Crippen LogP contribution is 2.48. The normalized spacial score (nSPS) is 13.2. The molecule has 200 valence electrons. The van der Waals surface area contributed by atoms with Gasteiger partial charge in [-0.2, -0.15) is 48.3 Å². The first-order valence-corrected chi connectivity index (χ1v) is 11.4. The molecular weight excluding hydrogens is 585 g/mol. The number of anilines is 2. The van der Waals surface area contributed by atoms with E-state index < -0.39 is 61.4 Å². The molecule has 3 N–H and O–H groups in total. The van der Waals surface area contributed by atoms with Crippen molar-refractivity contribution in [3.8, 4) is 0 Å². The lowest BCUT2D eigenvalue weighted by atomic mass is 10.1. The predicted molar refractivity (Wildman–Crippen MR) is 109 cm³/mol. The van der Waals surface area contributed by atoms with Crippen molar-refractivity contribution in [3.05, 3.63) is 47.1 Å². The first kappa shape index (κ1) is 29.5. The molecule has 36 heavy (non-hydrogen) atoms. The summed E-state index contributed by atoms with van der Waals surface area (Å²) < 4.78 is 170. The number of alkyl halides is 11. The number of nitrogens with zero attached hydrogens (tertiary/aromatic N) is 1. The summed E-state index contributed by atoms with van der Waals surface area (Å²) in [4.78, 5) is 3.27. The highest BCUT2D eigenvalue weighted by atomic mass is 32.2. The van der Waals surface area contributed by atoms with Crippen LogP contribution in [0.3, 0.4) is 0 Å². The van der Waals surface area contributed by atoms with Crippen molar-refractivity contribution in [3.63, 3.8) is 0 Å². The number of aromatic nitrogens is 1. The van der Waals surface area contributed by atoms with Gasteiger partial charge in [0.2, 0.25) is 0 Å². The Bertz CT molecular complexity index is 1200. The summed E-state index contributed by atoms with van der Waals surface area (Å²) in [6.45, 7) is 0. The van der Waals surface area contributed by atoms with Gasteiger partial charge in [-0.1, -0.05) is 0 Å². The average molecular weight is 594 g/mol. The Balaban J connectivity index is 2.37. The molecule has 0 saturated carbocycles. The zero-order chi connectivity index (χ0) is 27.7. The van der Waals surface area contributed by atoms with Gasteiger partial charge < -0.3 is 10.6 Å². The second kappa shape index (κ2) is 9.96. The molecule has 0 radical (unpaired) electrons. The molecule has 2 aromatic rings. The van der Waals surface area contributed by atoms with E-state index in [1.54, 1.807) is 5.32 Å². The lowest BCUT2D eigenvalue weighted by Gasteiger charge is -2.28. The monoisotopic (exact) mass is 594 g/mol. The molecule has 1 aromatic carbocycles. The van der Waals surface area contributed by atoms with E-state index in [-0.39, 0.29) is 5.13 Å². The molecular formula is C16H9F11N4O2S3. The molecule has 0 aliphatic carbocycles.